The van der Waals surface area contributed by atoms with E-state index in [1.165, 1.54) is 105 Å². The van der Waals surface area contributed by atoms with E-state index in [1.54, 1.807) is 0 Å². The molecule has 8 aromatic carbocycles. The first kappa shape index (κ1) is 31.3. The molecule has 0 radical (unpaired) electrons. The molecule has 2 heterocycles. The molecule has 0 aliphatic heterocycles. The standard InChI is InChI=1S/C48H35B3N2/c49-45-42(32-27-28-40-37(29-32)36-22-11-13-25-39(36)53(40)38-24-12-10-21-34(38)30-15-4-1-5-16-30)46(50)47(51)48-44(45)43-35(31-17-6-2-7-18-31)23-14-26-41(43)52(48)33-19-8-3-9-20-33/h1-29H,49-51H2. The molecule has 0 N–H and O–H groups in total. The van der Waals surface area contributed by atoms with E-state index in [1.807, 2.05) is 0 Å². The lowest BCUT2D eigenvalue weighted by molar-refractivity contribution is 1.18. The summed E-state index contributed by atoms with van der Waals surface area (Å²) in [7, 11) is 6.96. The van der Waals surface area contributed by atoms with Gasteiger partial charge >= 0.3 is 0 Å². The number of benzene rings is 8. The summed E-state index contributed by atoms with van der Waals surface area (Å²) in [5, 5.41) is 5.14. The Morgan fingerprint density at radius 2 is 0.943 bits per heavy atom. The molecule has 0 atom stereocenters. The zero-order valence-electron chi connectivity index (χ0n) is 30.1. The molecule has 0 saturated carbocycles. The lowest BCUT2D eigenvalue weighted by Gasteiger charge is -2.19. The van der Waals surface area contributed by atoms with Crippen LogP contribution in [0.3, 0.4) is 0 Å². The average Bonchev–Trinajstić information content (AvgIpc) is 3.75. The second kappa shape index (κ2) is 12.4. The molecule has 10 rings (SSSR count). The van der Waals surface area contributed by atoms with Gasteiger partial charge in [0.1, 0.15) is 23.5 Å². The maximum absolute atomic E-state index is 2.48. The summed E-state index contributed by atoms with van der Waals surface area (Å²) in [5.41, 5.74) is 18.7. The zero-order valence-corrected chi connectivity index (χ0v) is 30.1. The molecule has 10 aromatic rings. The number of hydrogen-bond donors (Lipinski definition) is 0. The van der Waals surface area contributed by atoms with E-state index < -0.39 is 0 Å². The lowest BCUT2D eigenvalue weighted by Crippen LogP contribution is -2.35. The summed E-state index contributed by atoms with van der Waals surface area (Å²) in [5.74, 6) is 0. The van der Waals surface area contributed by atoms with E-state index in [0.29, 0.717) is 0 Å². The molecule has 0 fully saturated rings. The van der Waals surface area contributed by atoms with Gasteiger partial charge in [0.15, 0.2) is 0 Å². The fourth-order valence-corrected chi connectivity index (χ4v) is 8.89. The first-order valence-corrected chi connectivity index (χ1v) is 18.5. The van der Waals surface area contributed by atoms with E-state index in [9.17, 15) is 0 Å². The topological polar surface area (TPSA) is 9.86 Å². The summed E-state index contributed by atoms with van der Waals surface area (Å²) < 4.78 is 4.93. The molecule has 0 saturated heterocycles. The molecule has 0 bridgehead atoms. The van der Waals surface area contributed by atoms with Crippen molar-refractivity contribution in [1.29, 1.82) is 0 Å². The molecule has 0 spiro atoms. The maximum atomic E-state index is 2.48. The van der Waals surface area contributed by atoms with Gasteiger partial charge in [0.05, 0.1) is 22.2 Å². The highest BCUT2D eigenvalue weighted by atomic mass is 15.0. The largest absolute Gasteiger partial charge is 0.310 e. The van der Waals surface area contributed by atoms with Crippen molar-refractivity contribution >= 4 is 83.5 Å². The predicted octanol–water partition coefficient (Wildman–Crippen LogP) is 7.66. The van der Waals surface area contributed by atoms with Crippen LogP contribution in [-0.4, -0.2) is 32.7 Å². The van der Waals surface area contributed by atoms with Crippen molar-refractivity contribution in [3.8, 4) is 44.8 Å². The second-order valence-corrected chi connectivity index (χ2v) is 14.2. The van der Waals surface area contributed by atoms with E-state index in [4.69, 9.17) is 0 Å². The Morgan fingerprint density at radius 1 is 0.358 bits per heavy atom. The van der Waals surface area contributed by atoms with Crippen molar-refractivity contribution in [3.05, 3.63) is 176 Å². The fourth-order valence-electron chi connectivity index (χ4n) is 8.89. The molecule has 53 heavy (non-hydrogen) atoms. The van der Waals surface area contributed by atoms with Gasteiger partial charge in [-0.1, -0.05) is 150 Å². The van der Waals surface area contributed by atoms with E-state index in [-0.39, 0.29) is 0 Å². The summed E-state index contributed by atoms with van der Waals surface area (Å²) in [6.07, 6.45) is 0. The minimum Gasteiger partial charge on any atom is -0.310 e. The third-order valence-corrected chi connectivity index (χ3v) is 11.3. The van der Waals surface area contributed by atoms with Crippen LogP contribution in [0.4, 0.5) is 0 Å². The van der Waals surface area contributed by atoms with Gasteiger partial charge in [0, 0.05) is 38.3 Å². The predicted molar refractivity (Wildman–Crippen MR) is 236 cm³/mol. The van der Waals surface area contributed by atoms with Gasteiger partial charge in [-0.3, -0.25) is 0 Å². The zero-order chi connectivity index (χ0) is 35.6. The molecule has 0 aliphatic rings. The van der Waals surface area contributed by atoms with Crippen LogP contribution in [0.25, 0.3) is 88.4 Å². The van der Waals surface area contributed by atoms with Gasteiger partial charge < -0.3 is 9.13 Å². The Bertz CT molecular complexity index is 3020. The minimum absolute atomic E-state index is 1.18. The van der Waals surface area contributed by atoms with Gasteiger partial charge in [-0.25, -0.2) is 0 Å². The lowest BCUT2D eigenvalue weighted by atomic mass is 9.69. The molecular formula is C48H35B3N2. The van der Waals surface area contributed by atoms with Crippen molar-refractivity contribution in [2.75, 3.05) is 0 Å². The number of rotatable bonds is 5. The van der Waals surface area contributed by atoms with Gasteiger partial charge in [-0.2, -0.15) is 0 Å². The van der Waals surface area contributed by atoms with Crippen LogP contribution in [0.1, 0.15) is 0 Å². The van der Waals surface area contributed by atoms with Crippen LogP contribution >= 0.6 is 0 Å². The SMILES string of the molecule is Bc1c(-c2ccc3c(c2)c2ccccc2n3-c2ccccc2-c2ccccc2)c(B)c2c3c(-c4ccccc4)cccc3n(-c3ccccc3)c2c1B. The summed E-state index contributed by atoms with van der Waals surface area (Å²) in [6, 6.07) is 63.9. The van der Waals surface area contributed by atoms with Crippen LogP contribution in [0.2, 0.25) is 0 Å². The van der Waals surface area contributed by atoms with Crippen molar-refractivity contribution in [2.45, 2.75) is 0 Å². The fraction of sp³-hybridized carbons (Fsp3) is 0. The number of fused-ring (bicyclic) bond motifs is 6. The van der Waals surface area contributed by atoms with Crippen LogP contribution in [0.15, 0.2) is 176 Å². The van der Waals surface area contributed by atoms with Gasteiger partial charge in [-0.05, 0) is 70.3 Å². The van der Waals surface area contributed by atoms with Gasteiger partial charge in [0.25, 0.3) is 0 Å². The summed E-state index contributed by atoms with van der Waals surface area (Å²) in [6.45, 7) is 0. The Hall–Kier alpha value is -6.45. The Balaban J connectivity index is 1.27. The Morgan fingerprint density at radius 3 is 1.70 bits per heavy atom. The number of hydrogen-bond acceptors (Lipinski definition) is 0. The minimum atomic E-state index is 1.18. The van der Waals surface area contributed by atoms with E-state index in [0.717, 1.165) is 0 Å². The van der Waals surface area contributed by atoms with Crippen molar-refractivity contribution < 1.29 is 0 Å². The van der Waals surface area contributed by atoms with E-state index in [2.05, 4.69) is 209 Å². The third kappa shape index (κ3) is 4.77. The van der Waals surface area contributed by atoms with Crippen LogP contribution in [-0.2, 0) is 0 Å². The highest BCUT2D eigenvalue weighted by Gasteiger charge is 2.24. The van der Waals surface area contributed by atoms with Crippen LogP contribution in [0.5, 0.6) is 0 Å². The number of nitrogens with zero attached hydrogens (tertiary/aromatic N) is 2. The first-order chi connectivity index (χ1) is 26.1. The van der Waals surface area contributed by atoms with Gasteiger partial charge in [0.2, 0.25) is 0 Å². The highest BCUT2D eigenvalue weighted by Crippen LogP contribution is 2.40. The van der Waals surface area contributed by atoms with Crippen LogP contribution < -0.4 is 16.4 Å². The smallest absolute Gasteiger partial charge is 0.141 e. The van der Waals surface area contributed by atoms with Crippen molar-refractivity contribution in [1.82, 2.24) is 9.13 Å². The highest BCUT2D eigenvalue weighted by molar-refractivity contribution is 6.60. The van der Waals surface area contributed by atoms with Gasteiger partial charge in [-0.15, -0.1) is 0 Å². The molecule has 0 unspecified atom stereocenters. The summed E-state index contributed by atoms with van der Waals surface area (Å²) in [4.78, 5) is 0. The monoisotopic (exact) mass is 672 g/mol. The summed E-state index contributed by atoms with van der Waals surface area (Å²) >= 11 is 0. The number of aromatic nitrogens is 2. The normalized spacial score (nSPS) is 11.6. The van der Waals surface area contributed by atoms with E-state index >= 15 is 0 Å². The molecule has 5 heteroatoms. The first-order valence-electron chi connectivity index (χ1n) is 18.5. The third-order valence-electron chi connectivity index (χ3n) is 11.3. The van der Waals surface area contributed by atoms with Crippen molar-refractivity contribution in [2.24, 2.45) is 0 Å². The maximum Gasteiger partial charge on any atom is 0.141 e. The van der Waals surface area contributed by atoms with Crippen molar-refractivity contribution in [3.63, 3.8) is 0 Å². The molecular weight excluding hydrogens is 637 g/mol. The Kier molecular flexibility index (Phi) is 7.30. The molecule has 246 valence electrons. The van der Waals surface area contributed by atoms with Crippen LogP contribution in [0, 0.1) is 0 Å². The molecule has 2 nitrogen and oxygen atoms in total. The molecule has 0 aliphatic carbocycles. The molecule has 0 amide bonds. The Labute approximate surface area is 312 Å². The number of para-hydroxylation sites is 3. The average molecular weight is 672 g/mol. The second-order valence-electron chi connectivity index (χ2n) is 14.2. The quantitative estimate of drug-likeness (QED) is 0.166. The molecule has 2 aromatic heterocycles.